The maximum Gasteiger partial charge on any atom is 0.416 e. The van der Waals surface area contributed by atoms with Crippen molar-refractivity contribution in [3.63, 3.8) is 0 Å². The van der Waals surface area contributed by atoms with Gasteiger partial charge in [-0.15, -0.1) is 0 Å². The largest absolute Gasteiger partial charge is 0.416 e. The first kappa shape index (κ1) is 25.9. The number of likely N-dealkylation sites (tertiary alicyclic amines) is 1. The van der Waals surface area contributed by atoms with Gasteiger partial charge in [-0.2, -0.15) is 18.3 Å². The lowest BCUT2D eigenvalue weighted by Gasteiger charge is -2.35. The SMILES string of the molecule is CC(NS(=O)(=O)c1cnn(C)c1)c1ccc2c(c1)C(Cc1cccc(C(F)(F)F)c1)C(CN1CCC1)C2. The van der Waals surface area contributed by atoms with Crippen LogP contribution < -0.4 is 4.72 Å². The van der Waals surface area contributed by atoms with Gasteiger partial charge < -0.3 is 4.90 Å². The van der Waals surface area contributed by atoms with Gasteiger partial charge in [0.1, 0.15) is 4.90 Å². The Kier molecular flexibility index (Phi) is 6.93. The number of alkyl halides is 3. The van der Waals surface area contributed by atoms with Crippen LogP contribution in [0.5, 0.6) is 0 Å². The summed E-state index contributed by atoms with van der Waals surface area (Å²) >= 11 is 0. The number of nitrogens with one attached hydrogen (secondary N) is 1. The molecule has 1 N–H and O–H groups in total. The lowest BCUT2D eigenvalue weighted by Crippen LogP contribution is -2.41. The van der Waals surface area contributed by atoms with Crippen LogP contribution in [0.15, 0.2) is 59.8 Å². The molecule has 1 aliphatic heterocycles. The minimum atomic E-state index is -4.38. The van der Waals surface area contributed by atoms with Crippen LogP contribution in [0.1, 0.15) is 53.1 Å². The number of hydrogen-bond donors (Lipinski definition) is 1. The van der Waals surface area contributed by atoms with E-state index in [2.05, 4.69) is 20.8 Å². The van der Waals surface area contributed by atoms with Crippen LogP contribution >= 0.6 is 0 Å². The van der Waals surface area contributed by atoms with Crippen molar-refractivity contribution in [2.45, 2.75) is 49.2 Å². The summed E-state index contributed by atoms with van der Waals surface area (Å²) in [6, 6.07) is 11.2. The molecular weight excluding hydrogens is 501 g/mol. The Balaban J connectivity index is 1.42. The van der Waals surface area contributed by atoms with E-state index in [1.165, 1.54) is 41.2 Å². The van der Waals surface area contributed by atoms with Gasteiger partial charge in [-0.1, -0.05) is 36.4 Å². The molecule has 0 saturated carbocycles. The summed E-state index contributed by atoms with van der Waals surface area (Å²) in [7, 11) is -2.09. The summed E-state index contributed by atoms with van der Waals surface area (Å²) in [6.45, 7) is 4.82. The van der Waals surface area contributed by atoms with Gasteiger partial charge in [0.05, 0.1) is 11.8 Å². The second-order valence-electron chi connectivity index (χ2n) is 10.3. The first-order valence-electron chi connectivity index (χ1n) is 12.5. The van der Waals surface area contributed by atoms with Gasteiger partial charge in [0.25, 0.3) is 0 Å². The van der Waals surface area contributed by atoms with Gasteiger partial charge in [-0.25, -0.2) is 13.1 Å². The third-order valence-corrected chi connectivity index (χ3v) is 9.09. The molecule has 1 aromatic heterocycles. The van der Waals surface area contributed by atoms with E-state index in [4.69, 9.17) is 0 Å². The van der Waals surface area contributed by atoms with Gasteiger partial charge in [0, 0.05) is 25.8 Å². The number of halogens is 3. The van der Waals surface area contributed by atoms with Crippen molar-refractivity contribution in [1.82, 2.24) is 19.4 Å². The number of aromatic nitrogens is 2. The lowest BCUT2D eigenvalue weighted by atomic mass is 9.85. The van der Waals surface area contributed by atoms with Gasteiger partial charge >= 0.3 is 6.18 Å². The second-order valence-corrected chi connectivity index (χ2v) is 12.0. The average Bonchev–Trinajstić information content (AvgIpc) is 3.39. The number of hydrogen-bond acceptors (Lipinski definition) is 4. The van der Waals surface area contributed by atoms with E-state index in [9.17, 15) is 21.6 Å². The lowest BCUT2D eigenvalue weighted by molar-refractivity contribution is -0.137. The molecule has 2 aromatic carbocycles. The van der Waals surface area contributed by atoms with Crippen molar-refractivity contribution in [2.75, 3.05) is 19.6 Å². The number of aryl methyl sites for hydroxylation is 1. The third-order valence-electron chi connectivity index (χ3n) is 7.60. The molecule has 0 amide bonds. The molecule has 1 fully saturated rings. The van der Waals surface area contributed by atoms with E-state index in [-0.39, 0.29) is 10.8 Å². The van der Waals surface area contributed by atoms with E-state index in [0.29, 0.717) is 17.9 Å². The average molecular weight is 533 g/mol. The molecular formula is C27H31F3N4O2S. The van der Waals surface area contributed by atoms with Crippen LogP contribution in [0.25, 0.3) is 0 Å². The topological polar surface area (TPSA) is 67.2 Å². The Hall–Kier alpha value is -2.69. The van der Waals surface area contributed by atoms with Crippen LogP contribution in [-0.4, -0.2) is 42.7 Å². The first-order chi connectivity index (χ1) is 17.5. The highest BCUT2D eigenvalue weighted by molar-refractivity contribution is 7.89. The molecule has 5 rings (SSSR count). The van der Waals surface area contributed by atoms with Crippen LogP contribution in [0.3, 0.4) is 0 Å². The first-order valence-corrected chi connectivity index (χ1v) is 14.0. The van der Waals surface area contributed by atoms with E-state index in [1.54, 1.807) is 20.0 Å². The van der Waals surface area contributed by atoms with Crippen molar-refractivity contribution in [3.05, 3.63) is 82.7 Å². The number of fused-ring (bicyclic) bond motifs is 1. The standard InChI is InChI=1S/C27H31F3N4O2S/c1-18(32-37(35,36)24-15-31-33(2)17-24)20-7-8-21-13-22(16-34-9-4-10-34)25(26(21)14-20)12-19-5-3-6-23(11-19)27(28,29)30/h3,5-8,11,14-15,17-18,22,25,32H,4,9-10,12-13,16H2,1-2H3. The summed E-state index contributed by atoms with van der Waals surface area (Å²) in [5.41, 5.74) is 3.15. The van der Waals surface area contributed by atoms with Gasteiger partial charge in [-0.3, -0.25) is 4.68 Å². The summed E-state index contributed by atoms with van der Waals surface area (Å²) in [4.78, 5) is 2.50. The summed E-state index contributed by atoms with van der Waals surface area (Å²) in [5.74, 6) is 0.351. The monoisotopic (exact) mass is 532 g/mol. The van der Waals surface area contributed by atoms with E-state index in [0.717, 1.165) is 43.2 Å². The second kappa shape index (κ2) is 9.89. The molecule has 3 unspecified atom stereocenters. The molecule has 10 heteroatoms. The minimum Gasteiger partial charge on any atom is -0.303 e. The maximum atomic E-state index is 13.4. The van der Waals surface area contributed by atoms with Gasteiger partial charge in [0.2, 0.25) is 10.0 Å². The molecule has 37 heavy (non-hydrogen) atoms. The van der Waals surface area contributed by atoms with E-state index in [1.807, 2.05) is 12.1 Å². The minimum absolute atomic E-state index is 0.0566. The predicted molar refractivity (Wildman–Crippen MR) is 135 cm³/mol. The number of sulfonamides is 1. The van der Waals surface area contributed by atoms with Gasteiger partial charge in [0.15, 0.2) is 0 Å². The third kappa shape index (κ3) is 5.61. The zero-order chi connectivity index (χ0) is 26.4. The molecule has 2 aliphatic rings. The molecule has 3 aromatic rings. The number of rotatable bonds is 8. The number of nitrogens with zero attached hydrogens (tertiary/aromatic N) is 3. The highest BCUT2D eigenvalue weighted by atomic mass is 32.2. The fourth-order valence-corrected chi connectivity index (χ4v) is 6.71. The highest BCUT2D eigenvalue weighted by Gasteiger charge is 2.36. The van der Waals surface area contributed by atoms with Crippen LogP contribution in [0.2, 0.25) is 0 Å². The molecule has 2 heterocycles. The molecule has 198 valence electrons. The summed E-state index contributed by atoms with van der Waals surface area (Å²) in [6.07, 6.45) is 0.929. The van der Waals surface area contributed by atoms with Crippen molar-refractivity contribution in [3.8, 4) is 0 Å². The van der Waals surface area contributed by atoms with E-state index < -0.39 is 27.8 Å². The number of benzene rings is 2. The molecule has 1 saturated heterocycles. The van der Waals surface area contributed by atoms with Crippen molar-refractivity contribution in [2.24, 2.45) is 13.0 Å². The Morgan fingerprint density at radius 3 is 2.59 bits per heavy atom. The maximum absolute atomic E-state index is 13.4. The van der Waals surface area contributed by atoms with Crippen molar-refractivity contribution in [1.29, 1.82) is 0 Å². The predicted octanol–water partition coefficient (Wildman–Crippen LogP) is 4.68. The molecule has 0 bridgehead atoms. The Morgan fingerprint density at radius 1 is 1.16 bits per heavy atom. The Bertz CT molecular complexity index is 1380. The molecule has 1 aliphatic carbocycles. The molecule has 0 radical (unpaired) electrons. The van der Waals surface area contributed by atoms with Gasteiger partial charge in [-0.05, 0) is 79.4 Å². The normalized spacial score (nSPS) is 21.0. The van der Waals surface area contributed by atoms with Crippen molar-refractivity contribution < 1.29 is 21.6 Å². The van der Waals surface area contributed by atoms with Crippen molar-refractivity contribution >= 4 is 10.0 Å². The van der Waals surface area contributed by atoms with Crippen LogP contribution in [-0.2, 0) is 36.1 Å². The summed E-state index contributed by atoms with van der Waals surface area (Å²) < 4.78 is 69.9. The van der Waals surface area contributed by atoms with Crippen LogP contribution in [0.4, 0.5) is 13.2 Å². The molecule has 0 spiro atoms. The Labute approximate surface area is 215 Å². The zero-order valence-electron chi connectivity index (χ0n) is 20.9. The smallest absolute Gasteiger partial charge is 0.303 e. The Morgan fingerprint density at radius 2 is 1.95 bits per heavy atom. The highest BCUT2D eigenvalue weighted by Crippen LogP contribution is 2.43. The van der Waals surface area contributed by atoms with Crippen LogP contribution in [0, 0.1) is 5.92 Å². The summed E-state index contributed by atoms with van der Waals surface area (Å²) in [5, 5.41) is 3.95. The fourth-order valence-electron chi connectivity index (χ4n) is 5.49. The zero-order valence-corrected chi connectivity index (χ0v) is 21.7. The quantitative estimate of drug-likeness (QED) is 0.458. The fraction of sp³-hybridized carbons (Fsp3) is 0.444. The van der Waals surface area contributed by atoms with E-state index >= 15 is 0 Å². The molecule has 3 atom stereocenters. The molecule has 6 nitrogen and oxygen atoms in total.